The molecular formula is C18H21N3O. The number of benzene rings is 1. The van der Waals surface area contributed by atoms with E-state index in [9.17, 15) is 4.79 Å². The predicted octanol–water partition coefficient (Wildman–Crippen LogP) is 2.24. The Bertz CT molecular complexity index is 701. The van der Waals surface area contributed by atoms with E-state index in [1.165, 1.54) is 5.39 Å². The van der Waals surface area contributed by atoms with Crippen molar-refractivity contribution in [2.24, 2.45) is 11.3 Å². The molecule has 4 nitrogen and oxygen atoms in total. The molecule has 0 bridgehead atoms. The van der Waals surface area contributed by atoms with E-state index in [1.807, 2.05) is 24.4 Å². The molecule has 2 aromatic rings. The standard InChI is InChI=1S/C18H21N3O/c22-17(15-11-18(15)6-9-19-10-7-18)21-12-16-14-4-2-1-3-13(14)5-8-20-16/h1-5,8,15,19H,6-7,9-12H2,(H,21,22). The molecule has 1 aromatic carbocycles. The lowest BCUT2D eigenvalue weighted by Crippen LogP contribution is -2.33. The number of hydrogen-bond donors (Lipinski definition) is 2. The molecule has 1 spiro atoms. The molecule has 1 aromatic heterocycles. The van der Waals surface area contributed by atoms with Gasteiger partial charge in [-0.2, -0.15) is 0 Å². The van der Waals surface area contributed by atoms with E-state index >= 15 is 0 Å². The second-order valence-corrected chi connectivity index (χ2v) is 6.57. The van der Waals surface area contributed by atoms with Crippen molar-refractivity contribution in [2.45, 2.75) is 25.8 Å². The number of hydrogen-bond acceptors (Lipinski definition) is 3. The van der Waals surface area contributed by atoms with Gasteiger partial charge in [-0.15, -0.1) is 0 Å². The zero-order valence-corrected chi connectivity index (χ0v) is 12.6. The largest absolute Gasteiger partial charge is 0.350 e. The van der Waals surface area contributed by atoms with Crippen molar-refractivity contribution in [3.8, 4) is 0 Å². The first kappa shape index (κ1) is 13.7. The Morgan fingerprint density at radius 2 is 2.09 bits per heavy atom. The molecule has 0 radical (unpaired) electrons. The van der Waals surface area contributed by atoms with Crippen LogP contribution in [-0.4, -0.2) is 24.0 Å². The fourth-order valence-corrected chi connectivity index (χ4v) is 3.81. The van der Waals surface area contributed by atoms with Crippen LogP contribution in [0.3, 0.4) is 0 Å². The number of aromatic nitrogens is 1. The highest BCUT2D eigenvalue weighted by atomic mass is 16.2. The summed E-state index contributed by atoms with van der Waals surface area (Å²) in [5, 5.41) is 8.77. The number of amides is 1. The van der Waals surface area contributed by atoms with Crippen LogP contribution in [0.5, 0.6) is 0 Å². The normalized spacial score (nSPS) is 22.6. The van der Waals surface area contributed by atoms with Crippen LogP contribution in [0, 0.1) is 11.3 Å². The quantitative estimate of drug-likeness (QED) is 0.913. The average molecular weight is 295 g/mol. The lowest BCUT2D eigenvalue weighted by Gasteiger charge is -2.23. The van der Waals surface area contributed by atoms with E-state index in [1.54, 1.807) is 0 Å². The van der Waals surface area contributed by atoms with Gasteiger partial charge < -0.3 is 10.6 Å². The van der Waals surface area contributed by atoms with E-state index in [2.05, 4.69) is 27.8 Å². The van der Waals surface area contributed by atoms with E-state index in [-0.39, 0.29) is 11.8 Å². The van der Waals surface area contributed by atoms with Crippen LogP contribution in [0.15, 0.2) is 36.5 Å². The smallest absolute Gasteiger partial charge is 0.224 e. The number of rotatable bonds is 3. The summed E-state index contributed by atoms with van der Waals surface area (Å²) in [6.45, 7) is 2.62. The molecule has 114 valence electrons. The van der Waals surface area contributed by atoms with E-state index in [0.717, 1.165) is 43.4 Å². The molecule has 1 saturated heterocycles. The maximum absolute atomic E-state index is 12.4. The minimum atomic E-state index is 0.205. The van der Waals surface area contributed by atoms with Crippen molar-refractivity contribution in [3.63, 3.8) is 0 Å². The van der Waals surface area contributed by atoms with Crippen LogP contribution >= 0.6 is 0 Å². The summed E-state index contributed by atoms with van der Waals surface area (Å²) in [7, 11) is 0. The summed E-state index contributed by atoms with van der Waals surface area (Å²) < 4.78 is 0. The number of nitrogens with one attached hydrogen (secondary N) is 2. The van der Waals surface area contributed by atoms with Crippen LogP contribution in [0.2, 0.25) is 0 Å². The first-order valence-corrected chi connectivity index (χ1v) is 8.10. The van der Waals surface area contributed by atoms with E-state index < -0.39 is 0 Å². The molecule has 1 amide bonds. The highest BCUT2D eigenvalue weighted by Crippen LogP contribution is 2.58. The van der Waals surface area contributed by atoms with Crippen molar-refractivity contribution in [3.05, 3.63) is 42.2 Å². The zero-order valence-electron chi connectivity index (χ0n) is 12.6. The van der Waals surface area contributed by atoms with Gasteiger partial charge in [0, 0.05) is 17.5 Å². The van der Waals surface area contributed by atoms with Gasteiger partial charge in [0.1, 0.15) is 0 Å². The predicted molar refractivity (Wildman–Crippen MR) is 86.2 cm³/mol. The van der Waals surface area contributed by atoms with Gasteiger partial charge in [0.05, 0.1) is 12.2 Å². The van der Waals surface area contributed by atoms with Crippen molar-refractivity contribution in [1.82, 2.24) is 15.6 Å². The summed E-state index contributed by atoms with van der Waals surface area (Å²) >= 11 is 0. The van der Waals surface area contributed by atoms with Crippen LogP contribution < -0.4 is 10.6 Å². The summed E-state index contributed by atoms with van der Waals surface area (Å²) in [5.74, 6) is 0.418. The number of carbonyl (C=O) groups excluding carboxylic acids is 1. The Kier molecular flexibility index (Phi) is 3.34. The first-order valence-electron chi connectivity index (χ1n) is 8.10. The van der Waals surface area contributed by atoms with Gasteiger partial charge >= 0.3 is 0 Å². The Hall–Kier alpha value is -1.94. The first-order chi connectivity index (χ1) is 10.8. The number of fused-ring (bicyclic) bond motifs is 1. The number of pyridine rings is 1. The molecule has 22 heavy (non-hydrogen) atoms. The Morgan fingerprint density at radius 1 is 1.27 bits per heavy atom. The Labute approximate surface area is 130 Å². The maximum Gasteiger partial charge on any atom is 0.224 e. The van der Waals surface area contributed by atoms with Crippen LogP contribution in [0.1, 0.15) is 25.0 Å². The van der Waals surface area contributed by atoms with Crippen molar-refractivity contribution < 1.29 is 4.79 Å². The number of piperidine rings is 1. The molecule has 2 heterocycles. The fourth-order valence-electron chi connectivity index (χ4n) is 3.81. The van der Waals surface area contributed by atoms with Gasteiger partial charge in [0.15, 0.2) is 0 Å². The topological polar surface area (TPSA) is 54.0 Å². The molecular weight excluding hydrogens is 274 g/mol. The zero-order chi connectivity index (χ0) is 15.0. The van der Waals surface area contributed by atoms with E-state index in [0.29, 0.717) is 12.0 Å². The highest BCUT2D eigenvalue weighted by Gasteiger charge is 2.57. The van der Waals surface area contributed by atoms with Crippen molar-refractivity contribution in [2.75, 3.05) is 13.1 Å². The summed E-state index contributed by atoms with van der Waals surface area (Å²) in [6.07, 6.45) is 5.15. The second-order valence-electron chi connectivity index (χ2n) is 6.57. The monoisotopic (exact) mass is 295 g/mol. The molecule has 2 fully saturated rings. The fraction of sp³-hybridized carbons (Fsp3) is 0.444. The third kappa shape index (κ3) is 2.37. The highest BCUT2D eigenvalue weighted by molar-refractivity contribution is 5.86. The van der Waals surface area contributed by atoms with Gasteiger partial charge in [-0.05, 0) is 49.2 Å². The van der Waals surface area contributed by atoms with Crippen LogP contribution in [0.4, 0.5) is 0 Å². The maximum atomic E-state index is 12.4. The molecule has 1 aliphatic carbocycles. The molecule has 4 heteroatoms. The van der Waals surface area contributed by atoms with Gasteiger partial charge in [-0.25, -0.2) is 0 Å². The molecule has 2 aliphatic rings. The van der Waals surface area contributed by atoms with Crippen LogP contribution in [-0.2, 0) is 11.3 Å². The molecule has 1 unspecified atom stereocenters. The Morgan fingerprint density at radius 3 is 2.95 bits per heavy atom. The Balaban J connectivity index is 1.43. The average Bonchev–Trinajstić information content (AvgIpc) is 3.26. The lowest BCUT2D eigenvalue weighted by atomic mass is 9.92. The van der Waals surface area contributed by atoms with Gasteiger partial charge in [-0.1, -0.05) is 24.3 Å². The summed E-state index contributed by atoms with van der Waals surface area (Å²) in [5.41, 5.74) is 1.24. The summed E-state index contributed by atoms with van der Waals surface area (Å²) in [6, 6.07) is 10.2. The molecule has 2 N–H and O–H groups in total. The SMILES string of the molecule is O=C(NCc1nccc2ccccc12)C1CC12CCNCC2. The van der Waals surface area contributed by atoms with Gasteiger partial charge in [0.25, 0.3) is 0 Å². The summed E-state index contributed by atoms with van der Waals surface area (Å²) in [4.78, 5) is 16.9. The second kappa shape index (κ2) is 5.36. The number of nitrogens with zero attached hydrogens (tertiary/aromatic N) is 1. The molecule has 1 saturated carbocycles. The van der Waals surface area contributed by atoms with Crippen molar-refractivity contribution in [1.29, 1.82) is 0 Å². The third-order valence-electron chi connectivity index (χ3n) is 5.29. The molecule has 4 rings (SSSR count). The third-order valence-corrected chi connectivity index (χ3v) is 5.29. The minimum Gasteiger partial charge on any atom is -0.350 e. The van der Waals surface area contributed by atoms with E-state index in [4.69, 9.17) is 0 Å². The van der Waals surface area contributed by atoms with Crippen molar-refractivity contribution >= 4 is 16.7 Å². The molecule has 1 atom stereocenters. The lowest BCUT2D eigenvalue weighted by molar-refractivity contribution is -0.123. The van der Waals surface area contributed by atoms with Crippen LogP contribution in [0.25, 0.3) is 10.8 Å². The minimum absolute atomic E-state index is 0.205. The number of carbonyl (C=O) groups is 1. The van der Waals surface area contributed by atoms with Gasteiger partial charge in [-0.3, -0.25) is 9.78 Å². The van der Waals surface area contributed by atoms with Gasteiger partial charge in [0.2, 0.25) is 5.91 Å². The molecule has 1 aliphatic heterocycles.